The molecule has 21 aromatic rings. The van der Waals surface area contributed by atoms with Gasteiger partial charge in [-0.05, 0) is 241 Å². The van der Waals surface area contributed by atoms with Gasteiger partial charge in [-0.25, -0.2) is 0 Å². The molecule has 126 heavy (non-hydrogen) atoms. The first-order valence-corrected chi connectivity index (χ1v) is 43.7. The molecule has 594 valence electrons. The van der Waals surface area contributed by atoms with Crippen molar-refractivity contribution in [2.75, 3.05) is 0 Å². The number of hydrogen-bond donors (Lipinski definition) is 0. The number of para-hydroxylation sites is 1. The van der Waals surface area contributed by atoms with Crippen LogP contribution in [0, 0.1) is 0 Å². The van der Waals surface area contributed by atoms with Crippen LogP contribution in [-0.4, -0.2) is 15.0 Å². The van der Waals surface area contributed by atoms with Crippen LogP contribution in [0.3, 0.4) is 0 Å². The number of benzene rings is 18. The summed E-state index contributed by atoms with van der Waals surface area (Å²) in [5.41, 5.74) is 43.5. The van der Waals surface area contributed by atoms with Crippen LogP contribution in [0.2, 0.25) is 0 Å². The zero-order valence-electron chi connectivity index (χ0n) is 70.4. The van der Waals surface area contributed by atoms with E-state index in [1.165, 1.54) is 183 Å². The van der Waals surface area contributed by atoms with Crippen molar-refractivity contribution in [1.82, 2.24) is 15.0 Å². The monoisotopic (exact) mass is 1610 g/mol. The molecule has 0 aliphatic heterocycles. The van der Waals surface area contributed by atoms with Crippen molar-refractivity contribution in [2.24, 2.45) is 0 Å². The Kier molecular flexibility index (Phi) is 19.3. The third-order valence-corrected chi connectivity index (χ3v) is 27.1. The van der Waals surface area contributed by atoms with E-state index in [0.29, 0.717) is 0 Å². The zero-order valence-corrected chi connectivity index (χ0v) is 70.4. The molecule has 3 aliphatic rings. The van der Waals surface area contributed by atoms with Crippen LogP contribution in [0.4, 0.5) is 0 Å². The SMILES string of the molecule is CC1(c2ccccc2)c2ccccc2-c2c1ccc(-c1ccccc1)c2-c1ccc(-c2ccc3ncccc3c2)cc1.CC1(c2ccccc2)c2ccccc2-c2c1ccc(-c1ccccc1)c2-c1ccc(-c2cccc3cnccc23)cc1.CC1(c2ccccc2)c2ccccc2-c2c1ccc(-c1ccccc1)c2-c1ccc(-c2cnc3ccccc3c2)cc1. The molecule has 0 N–H and O–H groups in total. The predicted octanol–water partition coefficient (Wildman–Crippen LogP) is 31.7. The van der Waals surface area contributed by atoms with Crippen LogP contribution in [0.1, 0.15) is 70.8 Å². The van der Waals surface area contributed by atoms with E-state index in [1.54, 1.807) is 0 Å². The Balaban J connectivity index is 0.000000112. The van der Waals surface area contributed by atoms with Crippen LogP contribution in [-0.2, 0) is 16.2 Å². The van der Waals surface area contributed by atoms with Crippen molar-refractivity contribution in [2.45, 2.75) is 37.0 Å². The molecule has 24 rings (SSSR count). The van der Waals surface area contributed by atoms with Crippen LogP contribution in [0.5, 0.6) is 0 Å². The number of pyridine rings is 3. The normalized spacial score (nSPS) is 15.4. The van der Waals surface area contributed by atoms with Gasteiger partial charge in [-0.3, -0.25) is 15.0 Å². The third-order valence-electron chi connectivity index (χ3n) is 27.1. The molecule has 3 aromatic heterocycles. The number of nitrogens with zero attached hydrogens (tertiary/aromatic N) is 3. The molecule has 0 fully saturated rings. The van der Waals surface area contributed by atoms with Gasteiger partial charge >= 0.3 is 0 Å². The molecule has 3 atom stereocenters. The molecule has 3 unspecified atom stereocenters. The maximum Gasteiger partial charge on any atom is 0.0702 e. The fourth-order valence-corrected chi connectivity index (χ4v) is 20.8. The molecule has 0 amide bonds. The van der Waals surface area contributed by atoms with Crippen LogP contribution >= 0.6 is 0 Å². The number of aromatic nitrogens is 3. The van der Waals surface area contributed by atoms with Gasteiger partial charge in [0.15, 0.2) is 0 Å². The van der Waals surface area contributed by atoms with E-state index in [4.69, 9.17) is 4.98 Å². The lowest BCUT2D eigenvalue weighted by Gasteiger charge is -2.29. The standard InChI is InChI=1S/3C41H29N/c1-41(33-15-6-3-7-16-33)36-18-10-9-17-35(36)40-37(41)25-24-34(29-12-4-2-5-13-29)39(40)30-22-20-28(21-23-30)32-26-31-14-8-11-19-38(31)42-27-32;1-41(32-14-6-3-7-15-32)37-18-9-8-16-36(37)40-38(41)24-23-35(28-11-4-2-5-12-28)39(40)30-21-19-29(20-22-30)33-17-10-13-31-27-42-26-25-34(31)33;1-41(33-14-6-3-7-15-33)36-17-9-8-16-35(36)40-37(41)24-23-34(29-11-4-2-5-12-29)39(40)30-20-18-28(19-21-30)31-22-25-38-32(27-31)13-10-26-42-38/h3*2-27H,1H3. The van der Waals surface area contributed by atoms with Gasteiger partial charge in [-0.2, -0.15) is 0 Å². The molecule has 3 nitrogen and oxygen atoms in total. The smallest absolute Gasteiger partial charge is 0.0702 e. The van der Waals surface area contributed by atoms with Gasteiger partial charge in [0, 0.05) is 62.8 Å². The van der Waals surface area contributed by atoms with Crippen molar-refractivity contribution in [3.63, 3.8) is 0 Å². The van der Waals surface area contributed by atoms with Crippen LogP contribution < -0.4 is 0 Å². The summed E-state index contributed by atoms with van der Waals surface area (Å²) in [7, 11) is 0. The molecule has 0 radical (unpaired) electrons. The molecule has 0 bridgehead atoms. The summed E-state index contributed by atoms with van der Waals surface area (Å²) >= 11 is 0. The molecule has 3 heterocycles. The first-order valence-electron chi connectivity index (χ1n) is 43.7. The van der Waals surface area contributed by atoms with E-state index in [-0.39, 0.29) is 16.2 Å². The number of hydrogen-bond acceptors (Lipinski definition) is 3. The summed E-state index contributed by atoms with van der Waals surface area (Å²) in [5, 5.41) is 4.69. The van der Waals surface area contributed by atoms with Gasteiger partial charge in [0.25, 0.3) is 0 Å². The first-order chi connectivity index (χ1) is 62.2. The van der Waals surface area contributed by atoms with Gasteiger partial charge in [0.1, 0.15) is 0 Å². The highest BCUT2D eigenvalue weighted by Crippen LogP contribution is 2.61. The van der Waals surface area contributed by atoms with Gasteiger partial charge in [-0.1, -0.05) is 413 Å². The minimum atomic E-state index is -0.242. The quantitative estimate of drug-likeness (QED) is 0.122. The van der Waals surface area contributed by atoms with Crippen LogP contribution in [0.15, 0.2) is 474 Å². The van der Waals surface area contributed by atoms with Crippen molar-refractivity contribution in [3.05, 3.63) is 524 Å². The van der Waals surface area contributed by atoms with Crippen molar-refractivity contribution < 1.29 is 0 Å². The van der Waals surface area contributed by atoms with E-state index in [0.717, 1.165) is 32.8 Å². The van der Waals surface area contributed by atoms with Crippen LogP contribution in [0.25, 0.3) is 166 Å². The predicted molar refractivity (Wildman–Crippen MR) is 526 cm³/mol. The number of fused-ring (bicyclic) bond motifs is 12. The maximum absolute atomic E-state index is 4.71. The minimum Gasteiger partial charge on any atom is -0.264 e. The number of rotatable bonds is 12. The van der Waals surface area contributed by atoms with E-state index in [9.17, 15) is 0 Å². The summed E-state index contributed by atoms with van der Waals surface area (Å²) in [6.45, 7) is 7.16. The summed E-state index contributed by atoms with van der Waals surface area (Å²) in [4.78, 5) is 13.5. The second kappa shape index (κ2) is 31.9. The topological polar surface area (TPSA) is 38.7 Å². The summed E-state index contributed by atoms with van der Waals surface area (Å²) < 4.78 is 0. The average molecular weight is 1610 g/mol. The van der Waals surface area contributed by atoms with Crippen molar-refractivity contribution in [1.29, 1.82) is 0 Å². The largest absolute Gasteiger partial charge is 0.264 e. The second-order valence-electron chi connectivity index (χ2n) is 33.9. The summed E-state index contributed by atoms with van der Waals surface area (Å²) in [5.74, 6) is 0. The second-order valence-corrected chi connectivity index (χ2v) is 33.9. The fraction of sp³-hybridized carbons (Fsp3) is 0.0488. The Bertz CT molecular complexity index is 7360. The van der Waals surface area contributed by atoms with Gasteiger partial charge < -0.3 is 0 Å². The highest BCUT2D eigenvalue weighted by molar-refractivity contribution is 6.06. The highest BCUT2D eigenvalue weighted by atomic mass is 14.7. The van der Waals surface area contributed by atoms with E-state index >= 15 is 0 Å². The first kappa shape index (κ1) is 76.3. The van der Waals surface area contributed by atoms with Gasteiger partial charge in [-0.15, -0.1) is 0 Å². The lowest BCUT2D eigenvalue weighted by molar-refractivity contribution is 0.714. The lowest BCUT2D eigenvalue weighted by atomic mass is 9.73. The Morgan fingerprint density at radius 1 is 0.175 bits per heavy atom. The maximum atomic E-state index is 4.71. The molecule has 0 spiro atoms. The molecule has 18 aromatic carbocycles. The molecular formula is C123H87N3. The molecule has 0 saturated heterocycles. The Hall–Kier alpha value is -15.8. The van der Waals surface area contributed by atoms with Gasteiger partial charge in [0.2, 0.25) is 0 Å². The highest BCUT2D eigenvalue weighted by Gasteiger charge is 2.46. The fourth-order valence-electron chi connectivity index (χ4n) is 20.8. The molecule has 3 heteroatoms. The average Bonchev–Trinajstić information content (AvgIpc) is 1.56. The Morgan fingerprint density at radius 3 is 0.944 bits per heavy atom. The van der Waals surface area contributed by atoms with E-state index in [2.05, 4.69) is 468 Å². The zero-order chi connectivity index (χ0) is 84.3. The minimum absolute atomic E-state index is 0.240. The van der Waals surface area contributed by atoms with Crippen molar-refractivity contribution in [3.8, 4) is 134 Å². The summed E-state index contributed by atoms with van der Waals surface area (Å²) in [6.07, 6.45) is 7.64. The molecular weight excluding hydrogens is 1520 g/mol. The third kappa shape index (κ3) is 13.0. The Labute approximate surface area is 736 Å². The van der Waals surface area contributed by atoms with Gasteiger partial charge in [0.05, 0.1) is 11.0 Å². The van der Waals surface area contributed by atoms with E-state index in [1.807, 2.05) is 36.9 Å². The summed E-state index contributed by atoms with van der Waals surface area (Å²) in [6, 6.07) is 163. The molecule has 0 saturated carbocycles. The van der Waals surface area contributed by atoms with E-state index < -0.39 is 0 Å². The molecule has 3 aliphatic carbocycles. The lowest BCUT2D eigenvalue weighted by Crippen LogP contribution is -2.22. The van der Waals surface area contributed by atoms with Crippen molar-refractivity contribution >= 4 is 32.6 Å². The Morgan fingerprint density at radius 2 is 0.500 bits per heavy atom.